The molecule has 0 bridgehead atoms. The third kappa shape index (κ3) is 40.2. The molecule has 10 heteroatoms. The summed E-state index contributed by atoms with van der Waals surface area (Å²) in [5, 5.41) is 0. The molecule has 0 aromatic rings. The van der Waals surface area contributed by atoms with E-state index < -0.39 is 26.5 Å². The summed E-state index contributed by atoms with van der Waals surface area (Å²) in [6.07, 6.45) is 36.6. The number of unbranched alkanes of at least 4 members (excludes halogenated alkanes) is 24. The van der Waals surface area contributed by atoms with Crippen LogP contribution in [0.15, 0.2) is 12.2 Å². The van der Waals surface area contributed by atoms with Crippen LogP contribution in [-0.2, 0) is 32.7 Å². The summed E-state index contributed by atoms with van der Waals surface area (Å²) >= 11 is 0. The monoisotopic (exact) mass is 774 g/mol. The van der Waals surface area contributed by atoms with Gasteiger partial charge in [-0.05, 0) is 38.5 Å². The maximum Gasteiger partial charge on any atom is 0.306 e. The normalized spacial score (nSPS) is 13.7. The van der Waals surface area contributed by atoms with Crippen molar-refractivity contribution < 1.29 is 42.1 Å². The van der Waals surface area contributed by atoms with E-state index in [0.29, 0.717) is 17.4 Å². The molecule has 1 unspecified atom stereocenters. The van der Waals surface area contributed by atoms with Gasteiger partial charge >= 0.3 is 11.9 Å². The van der Waals surface area contributed by atoms with Crippen LogP contribution in [0.2, 0.25) is 0 Å². The number of carbonyl (C=O) groups excluding carboxylic acids is 2. The minimum atomic E-state index is -4.62. The summed E-state index contributed by atoms with van der Waals surface area (Å²) in [4.78, 5) is 37.5. The van der Waals surface area contributed by atoms with Gasteiger partial charge in [-0.15, -0.1) is 0 Å². The Morgan fingerprint density at radius 1 is 0.566 bits per heavy atom. The summed E-state index contributed by atoms with van der Waals surface area (Å²) in [6, 6.07) is 0. The fourth-order valence-electron chi connectivity index (χ4n) is 6.06. The number of phosphoric ester groups is 1. The summed E-state index contributed by atoms with van der Waals surface area (Å²) < 4.78 is 33.9. The first kappa shape index (κ1) is 51.8. The Morgan fingerprint density at radius 3 is 1.40 bits per heavy atom. The highest BCUT2D eigenvalue weighted by molar-refractivity contribution is 7.45. The van der Waals surface area contributed by atoms with Crippen LogP contribution < -0.4 is 4.89 Å². The van der Waals surface area contributed by atoms with Crippen molar-refractivity contribution in [1.29, 1.82) is 0 Å². The van der Waals surface area contributed by atoms with Gasteiger partial charge in [-0.3, -0.25) is 14.2 Å². The van der Waals surface area contributed by atoms with Gasteiger partial charge in [-0.1, -0.05) is 161 Å². The minimum Gasteiger partial charge on any atom is -0.756 e. The van der Waals surface area contributed by atoms with Gasteiger partial charge in [0.25, 0.3) is 7.82 Å². The summed E-state index contributed by atoms with van der Waals surface area (Å²) in [7, 11) is 1.17. The first-order chi connectivity index (χ1) is 25.5. The number of nitrogens with zero attached hydrogens (tertiary/aromatic N) is 1. The Kier molecular flexibility index (Phi) is 35.5. The lowest BCUT2D eigenvalue weighted by atomic mass is 10.0. The largest absolute Gasteiger partial charge is 0.756 e. The molecule has 0 aliphatic rings. The van der Waals surface area contributed by atoms with Gasteiger partial charge in [-0.25, -0.2) is 0 Å². The fraction of sp³-hybridized carbons (Fsp3) is 0.907. The number of likely N-dealkylation sites (N-methyl/N-ethyl adjacent to an activating group) is 1. The molecule has 0 aromatic heterocycles. The van der Waals surface area contributed by atoms with E-state index in [9.17, 15) is 19.0 Å². The van der Waals surface area contributed by atoms with Crippen LogP contribution in [0.4, 0.5) is 0 Å². The molecule has 0 fully saturated rings. The highest BCUT2D eigenvalue weighted by Crippen LogP contribution is 2.38. The topological polar surface area (TPSA) is 111 Å². The zero-order valence-electron chi connectivity index (χ0n) is 35.2. The number of ether oxygens (including phenoxy) is 2. The lowest BCUT2D eigenvalue weighted by Crippen LogP contribution is -2.37. The van der Waals surface area contributed by atoms with E-state index in [4.69, 9.17) is 18.5 Å². The minimum absolute atomic E-state index is 0.0290. The second kappa shape index (κ2) is 36.4. The van der Waals surface area contributed by atoms with Gasteiger partial charge in [0.1, 0.15) is 19.8 Å². The van der Waals surface area contributed by atoms with Gasteiger partial charge in [-0.2, -0.15) is 0 Å². The second-order valence-corrected chi connectivity index (χ2v) is 17.5. The van der Waals surface area contributed by atoms with Crippen LogP contribution in [0.5, 0.6) is 0 Å². The molecule has 0 rings (SSSR count). The molecule has 2 atom stereocenters. The average molecular weight is 774 g/mol. The van der Waals surface area contributed by atoms with E-state index in [1.54, 1.807) is 0 Å². The molecule has 9 nitrogen and oxygen atoms in total. The molecule has 314 valence electrons. The van der Waals surface area contributed by atoms with Gasteiger partial charge in [0, 0.05) is 12.8 Å². The zero-order valence-corrected chi connectivity index (χ0v) is 36.1. The zero-order chi connectivity index (χ0) is 39.3. The molecule has 0 aliphatic heterocycles. The maximum absolute atomic E-state index is 12.6. The van der Waals surface area contributed by atoms with Crippen LogP contribution in [0.25, 0.3) is 0 Å². The van der Waals surface area contributed by atoms with Crippen LogP contribution in [0.3, 0.4) is 0 Å². The molecule has 0 amide bonds. The predicted molar refractivity (Wildman–Crippen MR) is 218 cm³/mol. The molecule has 0 saturated carbocycles. The van der Waals surface area contributed by atoms with Crippen molar-refractivity contribution in [3.63, 3.8) is 0 Å². The van der Waals surface area contributed by atoms with E-state index in [1.807, 2.05) is 21.1 Å². The van der Waals surface area contributed by atoms with Gasteiger partial charge in [0.2, 0.25) is 0 Å². The lowest BCUT2D eigenvalue weighted by molar-refractivity contribution is -0.870. The highest BCUT2D eigenvalue weighted by Gasteiger charge is 2.21. The number of hydrogen-bond acceptors (Lipinski definition) is 8. The number of phosphoric acid groups is 1. The molecular formula is C43H84NO8P. The maximum atomic E-state index is 12.6. The molecule has 0 spiro atoms. The third-order valence-corrected chi connectivity index (χ3v) is 10.5. The lowest BCUT2D eigenvalue weighted by Gasteiger charge is -2.28. The van der Waals surface area contributed by atoms with E-state index in [1.165, 1.54) is 116 Å². The smallest absolute Gasteiger partial charge is 0.306 e. The Hall–Kier alpha value is -1.25. The summed E-state index contributed by atoms with van der Waals surface area (Å²) in [5.41, 5.74) is 0. The number of rotatable bonds is 40. The van der Waals surface area contributed by atoms with Crippen LogP contribution in [-0.4, -0.2) is 70.0 Å². The predicted octanol–water partition coefficient (Wildman–Crippen LogP) is 11.6. The SMILES string of the molecule is CCCCCCCCC/C=C\CCCCCCCC(=O)OC[C@H](COP(=O)([O-])OCC[N+](C)(C)C)OC(=O)CCCCCCCCCCCCCCC. The fourth-order valence-corrected chi connectivity index (χ4v) is 6.79. The van der Waals surface area contributed by atoms with Gasteiger partial charge in [0.05, 0.1) is 27.7 Å². The molecule has 0 heterocycles. The number of esters is 2. The van der Waals surface area contributed by atoms with Crippen molar-refractivity contribution in [3.05, 3.63) is 12.2 Å². The number of carbonyl (C=O) groups is 2. The molecule has 0 aromatic carbocycles. The highest BCUT2D eigenvalue weighted by atomic mass is 31.2. The van der Waals surface area contributed by atoms with E-state index >= 15 is 0 Å². The first-order valence-corrected chi connectivity index (χ1v) is 23.4. The third-order valence-electron chi connectivity index (χ3n) is 9.54. The number of quaternary nitrogens is 1. The molecular weight excluding hydrogens is 689 g/mol. The van der Waals surface area contributed by atoms with E-state index in [-0.39, 0.29) is 32.0 Å². The van der Waals surface area contributed by atoms with Crippen molar-refractivity contribution >= 4 is 19.8 Å². The van der Waals surface area contributed by atoms with Crippen molar-refractivity contribution in [1.82, 2.24) is 0 Å². The second-order valence-electron chi connectivity index (χ2n) is 16.1. The Labute approximate surface area is 326 Å². The van der Waals surface area contributed by atoms with Crippen LogP contribution in [0, 0.1) is 0 Å². The summed E-state index contributed by atoms with van der Waals surface area (Å²) in [5.74, 6) is -0.836. The van der Waals surface area contributed by atoms with Crippen molar-refractivity contribution in [3.8, 4) is 0 Å². The van der Waals surface area contributed by atoms with Gasteiger partial charge in [0.15, 0.2) is 6.10 Å². The van der Waals surface area contributed by atoms with Crippen molar-refractivity contribution in [2.45, 2.75) is 206 Å². The summed E-state index contributed by atoms with van der Waals surface area (Å²) in [6.45, 7) is 4.23. The van der Waals surface area contributed by atoms with Gasteiger partial charge < -0.3 is 27.9 Å². The standard InChI is InChI=1S/C43H84NO8P/c1-6-8-10-12-14-16-18-20-21-22-24-25-27-29-31-33-35-42(45)49-39-41(40-51-53(47,48)50-38-37-44(3,4)5)52-43(46)36-34-32-30-28-26-23-19-17-15-13-11-9-7-2/h21-22,41H,6-20,23-40H2,1-5H3/b22-21-/t41-/m1/s1. The van der Waals surface area contributed by atoms with Crippen molar-refractivity contribution in [2.24, 2.45) is 0 Å². The number of allylic oxidation sites excluding steroid dienone is 2. The molecule has 0 N–H and O–H groups in total. The number of hydrogen-bond donors (Lipinski definition) is 0. The molecule has 53 heavy (non-hydrogen) atoms. The van der Waals surface area contributed by atoms with Crippen LogP contribution in [0.1, 0.15) is 200 Å². The molecule has 0 aliphatic carbocycles. The van der Waals surface area contributed by atoms with E-state index in [2.05, 4.69) is 26.0 Å². The average Bonchev–Trinajstić information content (AvgIpc) is 3.10. The molecule has 0 radical (unpaired) electrons. The van der Waals surface area contributed by atoms with Crippen molar-refractivity contribution in [2.75, 3.05) is 47.5 Å². The Balaban J connectivity index is 4.34. The quantitative estimate of drug-likeness (QED) is 0.0199. The molecule has 0 saturated heterocycles. The Morgan fingerprint density at radius 2 is 0.962 bits per heavy atom. The Bertz CT molecular complexity index is 922. The van der Waals surface area contributed by atoms with E-state index in [0.717, 1.165) is 51.4 Å². The van der Waals surface area contributed by atoms with Crippen LogP contribution >= 0.6 is 7.82 Å². The first-order valence-electron chi connectivity index (χ1n) is 21.9.